The molecule has 1 N–H and O–H groups in total. The zero-order valence-electron chi connectivity index (χ0n) is 13.0. The molecule has 0 radical (unpaired) electrons. The Bertz CT molecular complexity index is 441. The van der Waals surface area contributed by atoms with Crippen LogP contribution in [0.15, 0.2) is 18.2 Å². The van der Waals surface area contributed by atoms with Crippen molar-refractivity contribution in [1.29, 1.82) is 0 Å². The van der Waals surface area contributed by atoms with Gasteiger partial charge in [-0.05, 0) is 81.8 Å². The van der Waals surface area contributed by atoms with E-state index in [0.29, 0.717) is 0 Å². The lowest BCUT2D eigenvalue weighted by atomic mass is 9.88. The molecule has 2 heterocycles. The molecule has 0 spiro atoms. The van der Waals surface area contributed by atoms with Gasteiger partial charge in [0, 0.05) is 12.6 Å². The lowest BCUT2D eigenvalue weighted by Crippen LogP contribution is -2.40. The van der Waals surface area contributed by atoms with E-state index in [-0.39, 0.29) is 0 Å². The number of aryl methyl sites for hydroxylation is 2. The number of hydrogen-bond donors (Lipinski definition) is 1. The normalized spacial score (nSPS) is 25.2. The molecule has 20 heavy (non-hydrogen) atoms. The first kappa shape index (κ1) is 14.1. The lowest BCUT2D eigenvalue weighted by molar-refractivity contribution is 0.157. The Hall–Kier alpha value is -0.860. The molecule has 2 aliphatic rings. The van der Waals surface area contributed by atoms with E-state index in [1.54, 1.807) is 0 Å². The van der Waals surface area contributed by atoms with Crippen LogP contribution < -0.4 is 5.32 Å². The van der Waals surface area contributed by atoms with E-state index >= 15 is 0 Å². The van der Waals surface area contributed by atoms with Crippen molar-refractivity contribution in [2.75, 3.05) is 19.6 Å². The minimum atomic E-state index is 0.818. The summed E-state index contributed by atoms with van der Waals surface area (Å²) in [4.78, 5) is 2.63. The van der Waals surface area contributed by atoms with Gasteiger partial charge in [-0.15, -0.1) is 0 Å². The van der Waals surface area contributed by atoms with Crippen LogP contribution in [0.4, 0.5) is 0 Å². The fourth-order valence-electron chi connectivity index (χ4n) is 3.79. The van der Waals surface area contributed by atoms with Gasteiger partial charge in [-0.2, -0.15) is 0 Å². The maximum atomic E-state index is 3.69. The van der Waals surface area contributed by atoms with Crippen molar-refractivity contribution in [3.8, 4) is 0 Å². The fraction of sp³-hybridized carbons (Fsp3) is 0.667. The van der Waals surface area contributed by atoms with Crippen molar-refractivity contribution in [3.63, 3.8) is 0 Å². The maximum absolute atomic E-state index is 3.69. The first-order chi connectivity index (χ1) is 9.72. The van der Waals surface area contributed by atoms with Gasteiger partial charge in [0.1, 0.15) is 0 Å². The van der Waals surface area contributed by atoms with Crippen molar-refractivity contribution in [1.82, 2.24) is 10.2 Å². The number of benzene rings is 1. The lowest BCUT2D eigenvalue weighted by Gasteiger charge is -2.35. The smallest absolute Gasteiger partial charge is 0.0233 e. The van der Waals surface area contributed by atoms with E-state index in [2.05, 4.69) is 42.3 Å². The van der Waals surface area contributed by atoms with Gasteiger partial charge in [-0.3, -0.25) is 4.90 Å². The Morgan fingerprint density at radius 1 is 1.10 bits per heavy atom. The molecule has 1 aromatic carbocycles. The Morgan fingerprint density at radius 3 is 2.55 bits per heavy atom. The molecule has 1 atom stereocenters. The van der Waals surface area contributed by atoms with Crippen LogP contribution >= 0.6 is 0 Å². The van der Waals surface area contributed by atoms with Crippen LogP contribution in [0.1, 0.15) is 42.4 Å². The zero-order chi connectivity index (χ0) is 13.9. The van der Waals surface area contributed by atoms with Gasteiger partial charge >= 0.3 is 0 Å². The highest BCUT2D eigenvalue weighted by molar-refractivity contribution is 5.29. The van der Waals surface area contributed by atoms with Crippen molar-refractivity contribution in [2.24, 2.45) is 5.92 Å². The summed E-state index contributed by atoms with van der Waals surface area (Å²) in [6.45, 7) is 9.33. The topological polar surface area (TPSA) is 15.3 Å². The largest absolute Gasteiger partial charge is 0.314 e. The Kier molecular flexibility index (Phi) is 4.42. The Labute approximate surface area is 123 Å². The third-order valence-electron chi connectivity index (χ3n) is 5.28. The summed E-state index contributed by atoms with van der Waals surface area (Å²) < 4.78 is 0. The van der Waals surface area contributed by atoms with E-state index in [9.17, 15) is 0 Å². The van der Waals surface area contributed by atoms with Crippen LogP contribution in [0.2, 0.25) is 0 Å². The maximum Gasteiger partial charge on any atom is 0.0233 e. The molecule has 3 rings (SSSR count). The van der Waals surface area contributed by atoms with Gasteiger partial charge in [0.15, 0.2) is 0 Å². The predicted molar refractivity (Wildman–Crippen MR) is 84.9 cm³/mol. The number of nitrogens with one attached hydrogen (secondary N) is 1. The van der Waals surface area contributed by atoms with Gasteiger partial charge in [0.25, 0.3) is 0 Å². The van der Waals surface area contributed by atoms with E-state index in [1.807, 2.05) is 0 Å². The average Bonchev–Trinajstić information content (AvgIpc) is 2.98. The van der Waals surface area contributed by atoms with Crippen molar-refractivity contribution in [3.05, 3.63) is 34.9 Å². The van der Waals surface area contributed by atoms with Crippen molar-refractivity contribution in [2.45, 2.75) is 52.1 Å². The molecule has 0 bridgehead atoms. The fourth-order valence-corrected chi connectivity index (χ4v) is 3.79. The molecule has 2 heteroatoms. The molecule has 0 amide bonds. The SMILES string of the molecule is Cc1ccc(CN2CCC(C3CCCN3)CC2)cc1C. The Morgan fingerprint density at radius 2 is 1.90 bits per heavy atom. The monoisotopic (exact) mass is 272 g/mol. The first-order valence-corrected chi connectivity index (χ1v) is 8.24. The van der Waals surface area contributed by atoms with Gasteiger partial charge in [0.05, 0.1) is 0 Å². The van der Waals surface area contributed by atoms with Crippen LogP contribution in [-0.4, -0.2) is 30.6 Å². The summed E-state index contributed by atoms with van der Waals surface area (Å²) in [5.41, 5.74) is 4.30. The Balaban J connectivity index is 1.51. The van der Waals surface area contributed by atoms with Crippen LogP contribution in [0.3, 0.4) is 0 Å². The summed E-state index contributed by atoms with van der Waals surface area (Å²) in [7, 11) is 0. The third-order valence-corrected chi connectivity index (χ3v) is 5.28. The quantitative estimate of drug-likeness (QED) is 0.908. The number of nitrogens with zero attached hydrogens (tertiary/aromatic N) is 1. The van der Waals surface area contributed by atoms with Crippen LogP contribution in [0.25, 0.3) is 0 Å². The van der Waals surface area contributed by atoms with Gasteiger partial charge in [-0.1, -0.05) is 18.2 Å². The summed E-state index contributed by atoms with van der Waals surface area (Å²) in [6, 6.07) is 7.74. The molecular formula is C18H28N2. The number of hydrogen-bond acceptors (Lipinski definition) is 2. The molecule has 0 saturated carbocycles. The molecule has 110 valence electrons. The first-order valence-electron chi connectivity index (χ1n) is 8.24. The summed E-state index contributed by atoms with van der Waals surface area (Å²) >= 11 is 0. The molecule has 2 nitrogen and oxygen atoms in total. The summed E-state index contributed by atoms with van der Waals surface area (Å²) in [6.07, 6.45) is 5.54. The van der Waals surface area contributed by atoms with Gasteiger partial charge in [-0.25, -0.2) is 0 Å². The highest BCUT2D eigenvalue weighted by atomic mass is 15.1. The van der Waals surface area contributed by atoms with E-state index in [0.717, 1.165) is 18.5 Å². The van der Waals surface area contributed by atoms with Gasteiger partial charge < -0.3 is 5.32 Å². The highest BCUT2D eigenvalue weighted by Crippen LogP contribution is 2.26. The minimum Gasteiger partial charge on any atom is -0.314 e. The second-order valence-corrected chi connectivity index (χ2v) is 6.74. The number of piperidine rings is 1. The van der Waals surface area contributed by atoms with Crippen molar-refractivity contribution < 1.29 is 0 Å². The molecule has 2 saturated heterocycles. The molecule has 0 aromatic heterocycles. The molecule has 2 fully saturated rings. The van der Waals surface area contributed by atoms with E-state index in [4.69, 9.17) is 0 Å². The third kappa shape index (κ3) is 3.24. The number of likely N-dealkylation sites (tertiary alicyclic amines) is 1. The highest BCUT2D eigenvalue weighted by Gasteiger charge is 2.28. The van der Waals surface area contributed by atoms with E-state index in [1.165, 1.54) is 62.0 Å². The van der Waals surface area contributed by atoms with Gasteiger partial charge in [0.2, 0.25) is 0 Å². The molecule has 0 aliphatic carbocycles. The summed E-state index contributed by atoms with van der Waals surface area (Å²) in [5.74, 6) is 0.925. The van der Waals surface area contributed by atoms with Crippen LogP contribution in [-0.2, 0) is 6.54 Å². The van der Waals surface area contributed by atoms with E-state index < -0.39 is 0 Å². The minimum absolute atomic E-state index is 0.818. The van der Waals surface area contributed by atoms with Crippen molar-refractivity contribution >= 4 is 0 Å². The predicted octanol–water partition coefficient (Wildman–Crippen LogP) is 3.27. The van der Waals surface area contributed by atoms with Crippen LogP contribution in [0.5, 0.6) is 0 Å². The second-order valence-electron chi connectivity index (χ2n) is 6.74. The number of rotatable bonds is 3. The molecule has 1 aromatic rings. The molecular weight excluding hydrogens is 244 g/mol. The van der Waals surface area contributed by atoms with Crippen LogP contribution in [0, 0.1) is 19.8 Å². The summed E-state index contributed by atoms with van der Waals surface area (Å²) in [5, 5.41) is 3.69. The molecule has 1 unspecified atom stereocenters. The molecule has 2 aliphatic heterocycles. The standard InChI is InChI=1S/C18H28N2/c1-14-5-6-16(12-15(14)2)13-20-10-7-17(8-11-20)18-4-3-9-19-18/h5-6,12,17-19H,3-4,7-11,13H2,1-2H3. The zero-order valence-corrected chi connectivity index (χ0v) is 13.0. The average molecular weight is 272 g/mol. The second kappa shape index (κ2) is 6.28.